The number of hydrogen-bond donors (Lipinski definition) is 2. The Hall–Kier alpha value is -2.43. The normalized spacial score (nSPS) is 11.7. The molecule has 1 unspecified atom stereocenters. The number of likely N-dealkylation sites (N-methyl/N-ethyl adjacent to an activating group) is 1. The van der Waals surface area contributed by atoms with Crippen LogP contribution in [-0.4, -0.2) is 52.3 Å². The molecule has 2 aromatic heterocycles. The molecule has 32 heavy (non-hydrogen) atoms. The van der Waals surface area contributed by atoms with E-state index in [0.717, 1.165) is 40.1 Å². The first kappa shape index (κ1) is 24.2. The lowest BCUT2D eigenvalue weighted by Crippen LogP contribution is -2.39. The van der Waals surface area contributed by atoms with E-state index < -0.39 is 0 Å². The Morgan fingerprint density at radius 1 is 1.19 bits per heavy atom. The minimum Gasteiger partial charge on any atom is -0.360 e. The summed E-state index contributed by atoms with van der Waals surface area (Å²) in [4.78, 5) is 27.9. The zero-order chi connectivity index (χ0) is 22.9. The number of thiophene rings is 1. The molecule has 0 aliphatic carbocycles. The third-order valence-corrected chi connectivity index (χ3v) is 7.68. The van der Waals surface area contributed by atoms with E-state index in [4.69, 9.17) is 0 Å². The largest absolute Gasteiger partial charge is 0.360 e. The molecule has 0 spiro atoms. The van der Waals surface area contributed by atoms with Gasteiger partial charge in [-0.25, -0.2) is 0 Å². The van der Waals surface area contributed by atoms with Crippen LogP contribution < -0.4 is 10.6 Å². The number of aromatic nitrogens is 2. The lowest BCUT2D eigenvalue weighted by molar-refractivity contribution is -0.132. The first-order valence-electron chi connectivity index (χ1n) is 10.4. The molecule has 10 heteroatoms. The fourth-order valence-corrected chi connectivity index (χ4v) is 5.77. The maximum Gasteiger partial charge on any atom is 0.243 e. The summed E-state index contributed by atoms with van der Waals surface area (Å²) in [6.07, 6.45) is 1.76. The molecule has 1 atom stereocenters. The van der Waals surface area contributed by atoms with Crippen LogP contribution in [-0.2, 0) is 22.4 Å². The molecule has 0 aliphatic rings. The number of nitrogens with zero attached hydrogens (tertiary/aromatic N) is 3. The lowest BCUT2D eigenvalue weighted by Gasteiger charge is -2.20. The Morgan fingerprint density at radius 2 is 2.00 bits per heavy atom. The van der Waals surface area contributed by atoms with E-state index in [9.17, 15) is 9.59 Å². The molecule has 0 radical (unpaired) electrons. The van der Waals surface area contributed by atoms with Crippen molar-refractivity contribution in [2.24, 2.45) is 0 Å². The highest BCUT2D eigenvalue weighted by atomic mass is 32.2. The topological polar surface area (TPSA) is 87.2 Å². The van der Waals surface area contributed by atoms with Crippen LogP contribution in [0.2, 0.25) is 0 Å². The van der Waals surface area contributed by atoms with Crippen LogP contribution >= 0.6 is 34.4 Å². The van der Waals surface area contributed by atoms with Crippen molar-refractivity contribution >= 4 is 57.1 Å². The van der Waals surface area contributed by atoms with Gasteiger partial charge in [0.1, 0.15) is 0 Å². The first-order valence-corrected chi connectivity index (χ1v) is 12.9. The summed E-state index contributed by atoms with van der Waals surface area (Å²) < 4.78 is 0.721. The number of nitrogens with one attached hydrogen (secondary N) is 2. The van der Waals surface area contributed by atoms with Gasteiger partial charge in [0, 0.05) is 24.2 Å². The number of amides is 2. The minimum atomic E-state index is -0.373. The van der Waals surface area contributed by atoms with Crippen LogP contribution in [0.1, 0.15) is 24.3 Å². The first-order chi connectivity index (χ1) is 15.5. The van der Waals surface area contributed by atoms with E-state index >= 15 is 0 Å². The number of thioether (sulfide) groups is 1. The third-order valence-electron chi connectivity index (χ3n) is 4.69. The van der Waals surface area contributed by atoms with Crippen molar-refractivity contribution in [2.75, 3.05) is 30.8 Å². The molecule has 0 saturated heterocycles. The van der Waals surface area contributed by atoms with Crippen LogP contribution in [0.15, 0.2) is 46.1 Å². The van der Waals surface area contributed by atoms with Gasteiger partial charge in [-0.2, -0.15) is 0 Å². The van der Waals surface area contributed by atoms with Gasteiger partial charge in [-0.3, -0.25) is 9.59 Å². The van der Waals surface area contributed by atoms with Crippen molar-refractivity contribution in [3.05, 3.63) is 52.2 Å². The maximum atomic E-state index is 12.7. The summed E-state index contributed by atoms with van der Waals surface area (Å²) >= 11 is 4.52. The van der Waals surface area contributed by atoms with Crippen molar-refractivity contribution in [1.82, 2.24) is 15.1 Å². The van der Waals surface area contributed by atoms with E-state index in [0.29, 0.717) is 0 Å². The molecule has 170 valence electrons. The highest BCUT2D eigenvalue weighted by molar-refractivity contribution is 8.02. The molecule has 2 amide bonds. The Morgan fingerprint density at radius 3 is 2.75 bits per heavy atom. The van der Waals surface area contributed by atoms with Crippen LogP contribution in [0, 0.1) is 0 Å². The lowest BCUT2D eigenvalue weighted by atomic mass is 10.1. The molecule has 0 fully saturated rings. The highest BCUT2D eigenvalue weighted by Gasteiger charge is 2.22. The van der Waals surface area contributed by atoms with Crippen molar-refractivity contribution < 1.29 is 9.59 Å². The standard InChI is InChI=1S/C22H27N5O2S3/c1-4-16-8-5-6-10-18(16)24-19(28)14-27(3)20(29)15(2)31-22-26-25-21(32-22)23-12-11-17-9-7-13-30-17/h5-10,13,15H,4,11-12,14H2,1-3H3,(H,23,25)(H,24,28). The average Bonchev–Trinajstić information content (AvgIpc) is 3.45. The zero-order valence-electron chi connectivity index (χ0n) is 18.3. The Labute approximate surface area is 200 Å². The van der Waals surface area contributed by atoms with Crippen LogP contribution in [0.5, 0.6) is 0 Å². The van der Waals surface area contributed by atoms with E-state index in [1.165, 1.54) is 32.9 Å². The Balaban J connectivity index is 1.45. The van der Waals surface area contributed by atoms with Gasteiger partial charge in [0.15, 0.2) is 4.34 Å². The average molecular weight is 490 g/mol. The monoisotopic (exact) mass is 489 g/mol. The van der Waals surface area contributed by atoms with Gasteiger partial charge in [-0.05, 0) is 42.8 Å². The SMILES string of the molecule is CCc1ccccc1NC(=O)CN(C)C(=O)C(C)Sc1nnc(NCCc2cccs2)s1. The summed E-state index contributed by atoms with van der Waals surface area (Å²) in [6, 6.07) is 11.8. The van der Waals surface area contributed by atoms with E-state index in [1.807, 2.05) is 44.2 Å². The maximum absolute atomic E-state index is 12.7. The molecule has 3 aromatic rings. The number of benzene rings is 1. The number of anilines is 2. The molecule has 0 bridgehead atoms. The minimum absolute atomic E-state index is 0.00652. The zero-order valence-corrected chi connectivity index (χ0v) is 20.8. The van der Waals surface area contributed by atoms with Crippen LogP contribution in [0.25, 0.3) is 0 Å². The van der Waals surface area contributed by atoms with Crippen LogP contribution in [0.4, 0.5) is 10.8 Å². The van der Waals surface area contributed by atoms with Crippen molar-refractivity contribution in [3.63, 3.8) is 0 Å². The van der Waals surface area contributed by atoms with E-state index in [2.05, 4.69) is 32.3 Å². The number of para-hydroxylation sites is 1. The molecular weight excluding hydrogens is 462 g/mol. The third kappa shape index (κ3) is 7.04. The number of carbonyl (C=O) groups excluding carboxylic acids is 2. The molecule has 1 aromatic carbocycles. The number of rotatable bonds is 11. The van der Waals surface area contributed by atoms with Crippen LogP contribution in [0.3, 0.4) is 0 Å². The van der Waals surface area contributed by atoms with Crippen molar-refractivity contribution in [2.45, 2.75) is 36.3 Å². The van der Waals surface area contributed by atoms with E-state index in [1.54, 1.807) is 18.4 Å². The fraction of sp³-hybridized carbons (Fsp3) is 0.364. The predicted molar refractivity (Wildman–Crippen MR) is 134 cm³/mol. The van der Waals surface area contributed by atoms with Gasteiger partial charge in [0.2, 0.25) is 16.9 Å². The molecule has 3 rings (SSSR count). The Bertz CT molecular complexity index is 1020. The molecular formula is C22H27N5O2S3. The molecule has 2 heterocycles. The summed E-state index contributed by atoms with van der Waals surface area (Å²) in [5.74, 6) is -0.344. The highest BCUT2D eigenvalue weighted by Crippen LogP contribution is 2.29. The summed E-state index contributed by atoms with van der Waals surface area (Å²) in [5, 5.41) is 16.9. The molecule has 0 saturated carbocycles. The number of aryl methyl sites for hydroxylation is 1. The number of hydrogen-bond acceptors (Lipinski definition) is 8. The smallest absolute Gasteiger partial charge is 0.243 e. The van der Waals surface area contributed by atoms with Gasteiger partial charge in [0.05, 0.1) is 11.8 Å². The van der Waals surface area contributed by atoms with Gasteiger partial charge in [-0.15, -0.1) is 21.5 Å². The second kappa shape index (κ2) is 12.0. The van der Waals surface area contributed by atoms with Gasteiger partial charge in [-0.1, -0.05) is 54.3 Å². The fourth-order valence-electron chi connectivity index (χ4n) is 3.02. The molecule has 2 N–H and O–H groups in total. The summed E-state index contributed by atoms with van der Waals surface area (Å²) in [7, 11) is 1.64. The van der Waals surface area contributed by atoms with Gasteiger partial charge < -0.3 is 15.5 Å². The second-order valence-corrected chi connectivity index (χ2v) is 10.7. The predicted octanol–water partition coefficient (Wildman–Crippen LogP) is 4.39. The quantitative estimate of drug-likeness (QED) is 0.388. The number of carbonyl (C=O) groups is 2. The van der Waals surface area contributed by atoms with Crippen molar-refractivity contribution in [3.8, 4) is 0 Å². The van der Waals surface area contributed by atoms with Crippen molar-refractivity contribution in [1.29, 1.82) is 0 Å². The molecule has 0 aliphatic heterocycles. The van der Waals surface area contributed by atoms with Gasteiger partial charge >= 0.3 is 0 Å². The summed E-state index contributed by atoms with van der Waals surface area (Å²) in [5.41, 5.74) is 1.85. The second-order valence-electron chi connectivity index (χ2n) is 7.14. The summed E-state index contributed by atoms with van der Waals surface area (Å²) in [6.45, 7) is 4.64. The Kier molecular flexibility index (Phi) is 9.07. The molecule has 7 nitrogen and oxygen atoms in total. The van der Waals surface area contributed by atoms with Gasteiger partial charge in [0.25, 0.3) is 0 Å². The van der Waals surface area contributed by atoms with E-state index in [-0.39, 0.29) is 23.6 Å².